The van der Waals surface area contributed by atoms with Gasteiger partial charge in [0, 0.05) is 5.69 Å². The average molecular weight is 193 g/mol. The number of hydrogen-bond acceptors (Lipinski definition) is 3. The van der Waals surface area contributed by atoms with Crippen molar-refractivity contribution in [2.45, 2.75) is 6.92 Å². The van der Waals surface area contributed by atoms with Crippen LogP contribution < -0.4 is 11.1 Å². The topological polar surface area (TPSA) is 88.2 Å². The molecule has 1 aromatic rings. The summed E-state index contributed by atoms with van der Waals surface area (Å²) in [4.78, 5) is 11.0. The normalized spacial score (nSPS) is 9.21. The highest BCUT2D eigenvalue weighted by Crippen LogP contribution is 2.12. The Morgan fingerprint density at radius 2 is 2.14 bits per heavy atom. The Bertz CT molecular complexity index is 363. The predicted molar refractivity (Wildman–Crippen MR) is 53.2 cm³/mol. The van der Waals surface area contributed by atoms with Crippen LogP contribution in [0.5, 0.6) is 0 Å². The van der Waals surface area contributed by atoms with Crippen LogP contribution in [0.3, 0.4) is 0 Å². The van der Waals surface area contributed by atoms with E-state index in [2.05, 4.69) is 10.1 Å². The zero-order valence-electron chi connectivity index (χ0n) is 7.70. The van der Waals surface area contributed by atoms with E-state index < -0.39 is 12.1 Å². The number of rotatable bonds is 1. The number of para-hydroxylation sites is 1. The number of aryl methyl sites for hydroxylation is 1. The van der Waals surface area contributed by atoms with Gasteiger partial charge in [0.2, 0.25) is 0 Å². The second kappa shape index (κ2) is 4.27. The van der Waals surface area contributed by atoms with Crippen molar-refractivity contribution in [3.8, 4) is 0 Å². The molecular formula is C9H11N3O2. The summed E-state index contributed by atoms with van der Waals surface area (Å²) < 4.78 is 4.32. The van der Waals surface area contributed by atoms with Crippen LogP contribution in [0.4, 0.5) is 10.5 Å². The Morgan fingerprint density at radius 3 is 2.71 bits per heavy atom. The highest BCUT2D eigenvalue weighted by atomic mass is 16.6. The van der Waals surface area contributed by atoms with Gasteiger partial charge in [-0.3, -0.25) is 10.7 Å². The lowest BCUT2D eigenvalue weighted by Crippen LogP contribution is -2.23. The standard InChI is InChI=1S/C9H11N3O2/c1-6-4-2-3-5-7(6)12-9(13)14-8(10)11/h2-5H,1H3,(H3,10,11)(H,12,13). The molecule has 5 heteroatoms. The maximum absolute atomic E-state index is 11.0. The minimum atomic E-state index is -0.758. The Labute approximate surface area is 81.4 Å². The smallest absolute Gasteiger partial charge is 0.376 e. The molecule has 0 radical (unpaired) electrons. The molecule has 0 aliphatic carbocycles. The second-order valence-corrected chi connectivity index (χ2v) is 2.69. The molecule has 1 aromatic carbocycles. The molecule has 4 N–H and O–H groups in total. The van der Waals surface area contributed by atoms with Crippen LogP contribution in [-0.2, 0) is 4.74 Å². The van der Waals surface area contributed by atoms with Crippen molar-refractivity contribution >= 4 is 17.8 Å². The van der Waals surface area contributed by atoms with Crippen molar-refractivity contribution in [2.24, 2.45) is 5.73 Å². The Morgan fingerprint density at radius 1 is 1.50 bits per heavy atom. The number of amides is 1. The third kappa shape index (κ3) is 2.78. The number of amidine groups is 1. The first kappa shape index (κ1) is 10.0. The molecule has 1 rings (SSSR count). The summed E-state index contributed by atoms with van der Waals surface area (Å²) in [5.74, 6) is 0. The van der Waals surface area contributed by atoms with Crippen LogP contribution in [0.15, 0.2) is 24.3 Å². The number of hydrogen-bond donors (Lipinski definition) is 3. The number of anilines is 1. The minimum Gasteiger partial charge on any atom is -0.376 e. The number of carbonyl (C=O) groups is 1. The van der Waals surface area contributed by atoms with E-state index in [-0.39, 0.29) is 0 Å². The van der Waals surface area contributed by atoms with E-state index in [0.29, 0.717) is 5.69 Å². The Kier molecular flexibility index (Phi) is 3.06. The van der Waals surface area contributed by atoms with Crippen LogP contribution in [0.2, 0.25) is 0 Å². The quantitative estimate of drug-likeness (QED) is 0.465. The van der Waals surface area contributed by atoms with Crippen molar-refractivity contribution in [3.05, 3.63) is 29.8 Å². The van der Waals surface area contributed by atoms with E-state index in [9.17, 15) is 4.79 Å². The first-order valence-corrected chi connectivity index (χ1v) is 3.98. The minimum absolute atomic E-state index is 0.629. The molecule has 14 heavy (non-hydrogen) atoms. The first-order valence-electron chi connectivity index (χ1n) is 3.98. The summed E-state index contributed by atoms with van der Waals surface area (Å²) >= 11 is 0. The molecule has 0 aromatic heterocycles. The molecule has 74 valence electrons. The molecule has 1 amide bonds. The monoisotopic (exact) mass is 193 g/mol. The molecule has 0 unspecified atom stereocenters. The van der Waals surface area contributed by atoms with Gasteiger partial charge in [-0.25, -0.2) is 4.79 Å². The van der Waals surface area contributed by atoms with Gasteiger partial charge in [-0.15, -0.1) is 0 Å². The van der Waals surface area contributed by atoms with E-state index in [1.165, 1.54) is 0 Å². The molecule has 0 heterocycles. The van der Waals surface area contributed by atoms with Crippen LogP contribution in [-0.4, -0.2) is 12.1 Å². The number of nitrogens with one attached hydrogen (secondary N) is 2. The molecule has 5 nitrogen and oxygen atoms in total. The Balaban J connectivity index is 2.65. The third-order valence-electron chi connectivity index (χ3n) is 1.58. The average Bonchev–Trinajstić information content (AvgIpc) is 2.07. The fourth-order valence-electron chi connectivity index (χ4n) is 0.948. The Hall–Kier alpha value is -2.04. The van der Waals surface area contributed by atoms with E-state index in [1.54, 1.807) is 12.1 Å². The molecule has 0 spiro atoms. The van der Waals surface area contributed by atoms with Gasteiger partial charge in [-0.1, -0.05) is 18.2 Å². The zero-order chi connectivity index (χ0) is 10.6. The number of nitrogens with two attached hydrogens (primary N) is 1. The van der Waals surface area contributed by atoms with Crippen molar-refractivity contribution in [1.29, 1.82) is 5.41 Å². The van der Waals surface area contributed by atoms with Gasteiger partial charge < -0.3 is 10.5 Å². The van der Waals surface area contributed by atoms with Crippen molar-refractivity contribution in [2.75, 3.05) is 5.32 Å². The van der Waals surface area contributed by atoms with Gasteiger partial charge >= 0.3 is 6.09 Å². The summed E-state index contributed by atoms with van der Waals surface area (Å²) in [5, 5.41) is 9.20. The summed E-state index contributed by atoms with van der Waals surface area (Å²) in [6.07, 6.45) is -0.758. The van der Waals surface area contributed by atoms with Gasteiger partial charge in [-0.2, -0.15) is 0 Å². The molecule has 0 saturated carbocycles. The molecule has 0 fully saturated rings. The molecule has 0 saturated heterocycles. The van der Waals surface area contributed by atoms with Gasteiger partial charge in [0.1, 0.15) is 0 Å². The largest absolute Gasteiger partial charge is 0.419 e. The first-order chi connectivity index (χ1) is 6.59. The molecule has 0 aliphatic rings. The van der Waals surface area contributed by atoms with E-state index in [0.717, 1.165) is 5.56 Å². The lowest BCUT2D eigenvalue weighted by Gasteiger charge is -2.06. The fraction of sp³-hybridized carbons (Fsp3) is 0.111. The molecular weight excluding hydrogens is 182 g/mol. The van der Waals surface area contributed by atoms with Crippen molar-refractivity contribution < 1.29 is 9.53 Å². The van der Waals surface area contributed by atoms with Crippen LogP contribution >= 0.6 is 0 Å². The van der Waals surface area contributed by atoms with Gasteiger partial charge in [-0.05, 0) is 18.6 Å². The molecule has 0 aliphatic heterocycles. The van der Waals surface area contributed by atoms with Crippen LogP contribution in [0.1, 0.15) is 5.56 Å². The fourth-order valence-corrected chi connectivity index (χ4v) is 0.948. The maximum Gasteiger partial charge on any atom is 0.419 e. The lowest BCUT2D eigenvalue weighted by atomic mass is 10.2. The summed E-state index contributed by atoms with van der Waals surface area (Å²) in [7, 11) is 0. The van der Waals surface area contributed by atoms with Gasteiger partial charge in [0.05, 0.1) is 0 Å². The van der Waals surface area contributed by atoms with Crippen molar-refractivity contribution in [1.82, 2.24) is 0 Å². The summed E-state index contributed by atoms with van der Waals surface area (Å²) in [6, 6.07) is 6.60. The van der Waals surface area contributed by atoms with Crippen LogP contribution in [0.25, 0.3) is 0 Å². The van der Waals surface area contributed by atoms with E-state index in [1.807, 2.05) is 19.1 Å². The third-order valence-corrected chi connectivity index (χ3v) is 1.58. The number of benzene rings is 1. The molecule has 0 bridgehead atoms. The number of carbonyl (C=O) groups excluding carboxylic acids is 1. The zero-order valence-corrected chi connectivity index (χ0v) is 7.70. The highest BCUT2D eigenvalue weighted by Gasteiger charge is 2.05. The highest BCUT2D eigenvalue weighted by molar-refractivity contribution is 5.93. The second-order valence-electron chi connectivity index (χ2n) is 2.69. The molecule has 0 atom stereocenters. The SMILES string of the molecule is Cc1ccccc1NC(=O)OC(=N)N. The van der Waals surface area contributed by atoms with Gasteiger partial charge in [0.15, 0.2) is 0 Å². The maximum atomic E-state index is 11.0. The van der Waals surface area contributed by atoms with Crippen molar-refractivity contribution in [3.63, 3.8) is 0 Å². The van der Waals surface area contributed by atoms with Gasteiger partial charge in [0.25, 0.3) is 6.02 Å². The van der Waals surface area contributed by atoms with E-state index in [4.69, 9.17) is 11.1 Å². The van der Waals surface area contributed by atoms with Crippen LogP contribution in [0, 0.1) is 12.3 Å². The number of ether oxygens (including phenoxy) is 1. The summed E-state index contributed by atoms with van der Waals surface area (Å²) in [5.41, 5.74) is 6.43. The predicted octanol–water partition coefficient (Wildman–Crippen LogP) is 1.44. The lowest BCUT2D eigenvalue weighted by molar-refractivity contribution is 0.211. The van der Waals surface area contributed by atoms with E-state index >= 15 is 0 Å². The summed E-state index contributed by atoms with van der Waals surface area (Å²) in [6.45, 7) is 1.85.